The molecule has 0 atom stereocenters. The molecule has 1 aliphatic rings. The van der Waals surface area contributed by atoms with E-state index in [1.54, 1.807) is 30.3 Å². The predicted molar refractivity (Wildman–Crippen MR) is 134 cm³/mol. The number of rotatable bonds is 8. The molecule has 0 N–H and O–H groups in total. The van der Waals surface area contributed by atoms with Crippen molar-refractivity contribution in [1.82, 2.24) is 0 Å². The minimum Gasteiger partial charge on any atom is -0.493 e. The first kappa shape index (κ1) is 28.6. The van der Waals surface area contributed by atoms with Crippen LogP contribution in [0.15, 0.2) is 64.4 Å². The Hall–Kier alpha value is -2.44. The summed E-state index contributed by atoms with van der Waals surface area (Å²) in [4.78, 5) is -0.609. The van der Waals surface area contributed by atoms with Crippen molar-refractivity contribution in [2.24, 2.45) is 0 Å². The molecule has 0 aliphatic carbocycles. The Balaban J connectivity index is 1.81. The first-order chi connectivity index (χ1) is 17.8. The summed E-state index contributed by atoms with van der Waals surface area (Å²) in [6.45, 7) is 2.51. The van der Waals surface area contributed by atoms with E-state index in [0.717, 1.165) is 18.2 Å². The van der Waals surface area contributed by atoms with E-state index in [9.17, 15) is 34.8 Å². The van der Waals surface area contributed by atoms with Crippen LogP contribution in [-0.2, 0) is 26.1 Å². The number of hydrogen-bond donors (Lipinski definition) is 0. The standard InChI is InChI=1S/C26H26F6O4S2/c1-2-3-12-35-23-10-11-24(22-9-5-4-8-21(22)23)37(13-6-7-14-37)36-38(33,34)20-16-18(25(27,28)29)15-19(17-20)26(30,31)32/h4-5,8-11,15-17H,2-3,6-7,12-14H2,1H3. The van der Waals surface area contributed by atoms with E-state index >= 15 is 0 Å². The lowest BCUT2D eigenvalue weighted by Crippen LogP contribution is -2.17. The van der Waals surface area contributed by atoms with Crippen molar-refractivity contribution in [3.63, 3.8) is 0 Å². The highest BCUT2D eigenvalue weighted by atomic mass is 32.3. The molecule has 1 aliphatic heterocycles. The molecule has 0 radical (unpaired) electrons. The smallest absolute Gasteiger partial charge is 0.416 e. The normalized spacial score (nSPS) is 17.0. The van der Waals surface area contributed by atoms with E-state index in [0.29, 0.717) is 47.0 Å². The lowest BCUT2D eigenvalue weighted by molar-refractivity contribution is -0.143. The summed E-state index contributed by atoms with van der Waals surface area (Å²) in [7, 11) is -7.62. The molecule has 0 unspecified atom stereocenters. The summed E-state index contributed by atoms with van der Waals surface area (Å²) in [5.74, 6) is 1.20. The fraction of sp³-hybridized carbons (Fsp3) is 0.385. The van der Waals surface area contributed by atoms with E-state index in [4.69, 9.17) is 8.37 Å². The van der Waals surface area contributed by atoms with Crippen LogP contribution in [0.25, 0.3) is 10.8 Å². The van der Waals surface area contributed by atoms with Gasteiger partial charge in [0, 0.05) is 21.8 Å². The quantitative estimate of drug-likeness (QED) is 0.199. The number of unbranched alkanes of at least 4 members (excludes halogenated alkanes) is 1. The molecule has 0 aromatic heterocycles. The first-order valence-corrected chi connectivity index (χ1v) is 15.3. The van der Waals surface area contributed by atoms with Crippen LogP contribution in [0.3, 0.4) is 0 Å². The fourth-order valence-corrected chi connectivity index (χ4v) is 10.3. The van der Waals surface area contributed by atoms with Gasteiger partial charge in [-0.25, -0.2) is 3.63 Å². The highest BCUT2D eigenvalue weighted by molar-refractivity contribution is 8.33. The zero-order chi connectivity index (χ0) is 27.8. The summed E-state index contributed by atoms with van der Waals surface area (Å²) in [5.41, 5.74) is -3.44. The Morgan fingerprint density at radius 2 is 1.42 bits per heavy atom. The summed E-state index contributed by atoms with van der Waals surface area (Å²) in [6, 6.07) is 10.9. The molecule has 1 fully saturated rings. The van der Waals surface area contributed by atoms with Gasteiger partial charge in [-0.1, -0.05) is 47.9 Å². The van der Waals surface area contributed by atoms with E-state index in [1.807, 2.05) is 13.0 Å². The van der Waals surface area contributed by atoms with Gasteiger partial charge in [0.2, 0.25) is 0 Å². The van der Waals surface area contributed by atoms with Crippen molar-refractivity contribution < 1.29 is 43.1 Å². The Labute approximate surface area is 218 Å². The molecule has 0 spiro atoms. The molecule has 208 valence electrons. The molecule has 0 amide bonds. The van der Waals surface area contributed by atoms with E-state index < -0.39 is 48.8 Å². The molecular formula is C26H26F6O4S2. The summed E-state index contributed by atoms with van der Waals surface area (Å²) < 4.78 is 119. The molecule has 3 aromatic carbocycles. The monoisotopic (exact) mass is 580 g/mol. The SMILES string of the molecule is CCCCOc1ccc(S2(OS(=O)(=O)c3cc(C(F)(F)F)cc(C(F)(F)F)c3)CCCC2)c2ccccc12. The van der Waals surface area contributed by atoms with Gasteiger partial charge in [-0.3, -0.25) is 0 Å². The van der Waals surface area contributed by atoms with Crippen molar-refractivity contribution in [2.45, 2.75) is 54.8 Å². The zero-order valence-electron chi connectivity index (χ0n) is 20.4. The third-order valence-electron chi connectivity index (χ3n) is 6.27. The van der Waals surface area contributed by atoms with Crippen molar-refractivity contribution >= 4 is 31.2 Å². The van der Waals surface area contributed by atoms with Crippen LogP contribution in [0.1, 0.15) is 43.7 Å². The maximum absolute atomic E-state index is 13.4. The molecule has 0 bridgehead atoms. The molecule has 4 nitrogen and oxygen atoms in total. The molecule has 0 saturated carbocycles. The van der Waals surface area contributed by atoms with Crippen LogP contribution in [0.2, 0.25) is 0 Å². The Kier molecular flexibility index (Phi) is 7.98. The third kappa shape index (κ3) is 5.91. The van der Waals surface area contributed by atoms with Crippen molar-refractivity contribution in [1.29, 1.82) is 0 Å². The predicted octanol–water partition coefficient (Wildman–Crippen LogP) is 8.33. The molecule has 3 aromatic rings. The van der Waals surface area contributed by atoms with Crippen LogP contribution in [0.5, 0.6) is 5.75 Å². The Bertz CT molecular complexity index is 1380. The second-order valence-corrected chi connectivity index (χ2v) is 13.8. The molecule has 1 heterocycles. The fourth-order valence-electron chi connectivity index (χ4n) is 4.40. The van der Waals surface area contributed by atoms with Gasteiger partial charge in [-0.05, 0) is 55.0 Å². The second-order valence-electron chi connectivity index (χ2n) is 9.00. The van der Waals surface area contributed by atoms with Gasteiger partial charge in [0.25, 0.3) is 0 Å². The Morgan fingerprint density at radius 1 is 0.842 bits per heavy atom. The zero-order valence-corrected chi connectivity index (χ0v) is 22.0. The van der Waals surface area contributed by atoms with E-state index in [-0.39, 0.29) is 18.2 Å². The molecule has 12 heteroatoms. The van der Waals surface area contributed by atoms with Crippen LogP contribution < -0.4 is 4.74 Å². The molecule has 38 heavy (non-hydrogen) atoms. The lowest BCUT2D eigenvalue weighted by atomic mass is 10.1. The van der Waals surface area contributed by atoms with E-state index in [2.05, 4.69) is 0 Å². The van der Waals surface area contributed by atoms with Crippen LogP contribution in [0, 0.1) is 0 Å². The third-order valence-corrected chi connectivity index (χ3v) is 11.9. The summed E-state index contributed by atoms with van der Waals surface area (Å²) in [5, 5.41) is 1.40. The Morgan fingerprint density at radius 3 is 1.97 bits per heavy atom. The van der Waals surface area contributed by atoms with Crippen molar-refractivity contribution in [3.05, 3.63) is 65.7 Å². The van der Waals surface area contributed by atoms with Crippen LogP contribution in [0.4, 0.5) is 26.3 Å². The van der Waals surface area contributed by atoms with Gasteiger partial charge < -0.3 is 4.74 Å². The lowest BCUT2D eigenvalue weighted by Gasteiger charge is -2.35. The number of benzene rings is 3. The van der Waals surface area contributed by atoms with Gasteiger partial charge in [-0.2, -0.15) is 34.8 Å². The average molecular weight is 581 g/mol. The van der Waals surface area contributed by atoms with Crippen molar-refractivity contribution in [2.75, 3.05) is 18.1 Å². The van der Waals surface area contributed by atoms with Gasteiger partial charge in [-0.15, -0.1) is 0 Å². The number of fused-ring (bicyclic) bond motifs is 1. The van der Waals surface area contributed by atoms with Gasteiger partial charge in [0.1, 0.15) is 5.75 Å². The average Bonchev–Trinajstić information content (AvgIpc) is 3.31. The molecule has 4 rings (SSSR count). The van der Waals surface area contributed by atoms with Gasteiger partial charge >= 0.3 is 22.5 Å². The van der Waals surface area contributed by atoms with Crippen molar-refractivity contribution in [3.8, 4) is 5.75 Å². The van der Waals surface area contributed by atoms with Crippen LogP contribution >= 0.6 is 10.3 Å². The molecule has 1 saturated heterocycles. The second kappa shape index (κ2) is 10.6. The van der Waals surface area contributed by atoms with Crippen LogP contribution in [-0.4, -0.2) is 26.5 Å². The topological polar surface area (TPSA) is 52.6 Å². The number of halogens is 6. The number of alkyl halides is 6. The molecular weight excluding hydrogens is 554 g/mol. The maximum atomic E-state index is 13.4. The first-order valence-electron chi connectivity index (χ1n) is 12.0. The van der Waals surface area contributed by atoms with E-state index in [1.165, 1.54) is 0 Å². The highest BCUT2D eigenvalue weighted by Crippen LogP contribution is 2.65. The summed E-state index contributed by atoms with van der Waals surface area (Å²) >= 11 is 0. The number of hydrogen-bond acceptors (Lipinski definition) is 4. The van der Waals surface area contributed by atoms with Gasteiger partial charge in [0.05, 0.1) is 22.6 Å². The minimum absolute atomic E-state index is 0.109. The summed E-state index contributed by atoms with van der Waals surface area (Å²) in [6.07, 6.45) is -7.40. The minimum atomic E-state index is -5.19. The number of ether oxygens (including phenoxy) is 1. The highest BCUT2D eigenvalue weighted by Gasteiger charge is 2.42. The maximum Gasteiger partial charge on any atom is 0.416 e. The largest absolute Gasteiger partial charge is 0.493 e. The van der Waals surface area contributed by atoms with Gasteiger partial charge in [0.15, 0.2) is 0 Å².